The highest BCUT2D eigenvalue weighted by Gasteiger charge is 2.32. The molecule has 0 saturated heterocycles. The normalized spacial score (nSPS) is 13.1. The van der Waals surface area contributed by atoms with Gasteiger partial charge in [-0.25, -0.2) is 13.4 Å². The fourth-order valence-electron chi connectivity index (χ4n) is 3.72. The molecule has 2 atom stereocenters. The second-order valence-electron chi connectivity index (χ2n) is 8.23. The van der Waals surface area contributed by atoms with E-state index < -0.39 is 21.2 Å². The van der Waals surface area contributed by atoms with Crippen LogP contribution in [0.4, 0.5) is 5.95 Å². The summed E-state index contributed by atoms with van der Waals surface area (Å²) in [7, 11) is 0.493. The molecule has 0 aliphatic heterocycles. The summed E-state index contributed by atoms with van der Waals surface area (Å²) >= 11 is 0. The minimum atomic E-state index is -3.99. The van der Waals surface area contributed by atoms with E-state index in [1.165, 1.54) is 38.3 Å². The van der Waals surface area contributed by atoms with E-state index in [0.717, 1.165) is 0 Å². The number of rotatable bonds is 10. The zero-order valence-electron chi connectivity index (χ0n) is 21.3. The van der Waals surface area contributed by atoms with E-state index in [1.54, 1.807) is 51.1 Å². The van der Waals surface area contributed by atoms with Crippen LogP contribution in [0.25, 0.3) is 17.3 Å². The van der Waals surface area contributed by atoms with Gasteiger partial charge in [0.2, 0.25) is 27.7 Å². The second kappa shape index (κ2) is 10.5. The maximum absolute atomic E-state index is 13.5. The zero-order valence-corrected chi connectivity index (χ0v) is 22.1. The van der Waals surface area contributed by atoms with Crippen molar-refractivity contribution in [2.75, 3.05) is 26.1 Å². The van der Waals surface area contributed by atoms with Crippen LogP contribution in [0.3, 0.4) is 0 Å². The Labute approximate surface area is 214 Å². The van der Waals surface area contributed by atoms with Crippen molar-refractivity contribution in [3.8, 4) is 34.7 Å². The molecule has 0 unspecified atom stereocenters. The summed E-state index contributed by atoms with van der Waals surface area (Å²) in [5, 5.41) is 7.49. The van der Waals surface area contributed by atoms with Crippen LogP contribution in [0.5, 0.6) is 17.4 Å². The van der Waals surface area contributed by atoms with E-state index in [-0.39, 0.29) is 11.8 Å². The topological polar surface area (TPSA) is 143 Å². The molecule has 37 heavy (non-hydrogen) atoms. The minimum absolute atomic E-state index is 0.0632. The van der Waals surface area contributed by atoms with E-state index in [2.05, 4.69) is 24.9 Å². The lowest BCUT2D eigenvalue weighted by Gasteiger charge is -2.21. The maximum atomic E-state index is 13.5. The van der Waals surface area contributed by atoms with Crippen LogP contribution in [-0.4, -0.2) is 59.7 Å². The molecule has 13 heteroatoms. The molecule has 3 aromatic heterocycles. The van der Waals surface area contributed by atoms with E-state index >= 15 is 0 Å². The molecule has 0 bridgehead atoms. The monoisotopic (exact) mass is 528 g/mol. The van der Waals surface area contributed by atoms with Crippen LogP contribution in [0.2, 0.25) is 0 Å². The number of anilines is 1. The molecule has 0 fully saturated rings. The van der Waals surface area contributed by atoms with Crippen LogP contribution in [0.15, 0.2) is 47.1 Å². The third-order valence-electron chi connectivity index (χ3n) is 6.00. The molecule has 0 spiro atoms. The molecule has 1 N–H and O–H groups in total. The van der Waals surface area contributed by atoms with Gasteiger partial charge in [0, 0.05) is 5.92 Å². The number of sulfonamides is 1. The summed E-state index contributed by atoms with van der Waals surface area (Å²) in [6.45, 7) is 5.13. The molecule has 12 nitrogen and oxygen atoms in total. The average molecular weight is 529 g/mol. The van der Waals surface area contributed by atoms with E-state index in [4.69, 9.17) is 18.6 Å². The van der Waals surface area contributed by atoms with Crippen molar-refractivity contribution in [2.45, 2.75) is 31.9 Å². The van der Waals surface area contributed by atoms with Gasteiger partial charge in [-0.2, -0.15) is 0 Å². The highest BCUT2D eigenvalue weighted by molar-refractivity contribution is 7.93. The highest BCUT2D eigenvalue weighted by atomic mass is 32.2. The largest absolute Gasteiger partial charge is 0.494 e. The fourth-order valence-corrected chi connectivity index (χ4v) is 4.97. The van der Waals surface area contributed by atoms with Crippen molar-refractivity contribution in [2.24, 2.45) is 0 Å². The maximum Gasteiger partial charge on any atom is 0.243 e. The predicted octanol–water partition coefficient (Wildman–Crippen LogP) is 3.59. The average Bonchev–Trinajstić information content (AvgIpc) is 3.52. The summed E-state index contributed by atoms with van der Waals surface area (Å²) in [5.41, 5.74) is 0.902. The summed E-state index contributed by atoms with van der Waals surface area (Å²) in [5.74, 6) is 1.91. The summed E-state index contributed by atoms with van der Waals surface area (Å²) in [4.78, 5) is 8.42. The first-order valence-electron chi connectivity index (χ1n) is 11.3. The first-order chi connectivity index (χ1) is 17.7. The molecule has 3 heterocycles. The first kappa shape index (κ1) is 25.9. The third-order valence-corrected chi connectivity index (χ3v) is 7.85. The number of aromatic nitrogens is 5. The van der Waals surface area contributed by atoms with Crippen molar-refractivity contribution in [1.82, 2.24) is 24.7 Å². The van der Waals surface area contributed by atoms with Gasteiger partial charge in [-0.1, -0.05) is 13.0 Å². The lowest BCUT2D eigenvalue weighted by molar-refractivity contribution is 0.391. The number of aryl methyl sites for hydroxylation is 1. The number of furan rings is 1. The van der Waals surface area contributed by atoms with Crippen LogP contribution >= 0.6 is 0 Å². The van der Waals surface area contributed by atoms with Gasteiger partial charge in [0.25, 0.3) is 0 Å². The summed E-state index contributed by atoms with van der Waals surface area (Å²) < 4.78 is 53.1. The smallest absolute Gasteiger partial charge is 0.243 e. The zero-order chi connectivity index (χ0) is 26.7. The predicted molar refractivity (Wildman–Crippen MR) is 136 cm³/mol. The van der Waals surface area contributed by atoms with Crippen LogP contribution < -0.4 is 18.9 Å². The van der Waals surface area contributed by atoms with Crippen molar-refractivity contribution in [1.29, 1.82) is 0 Å². The summed E-state index contributed by atoms with van der Waals surface area (Å²) in [6.07, 6.45) is 2.94. The Bertz CT molecular complexity index is 1460. The number of nitrogens with one attached hydrogen (secondary N) is 1. The standard InChI is InChI=1S/C24H28N6O6S/c1-14-10-11-20(36-14)23-27-28-24(30(23)22-18(33-4)8-7-9-19(22)34-5)29-37(31,32)16(3)15(2)17-12-26-21(35-6)13-25-17/h7-13,15-16H,1-6H3,(H,28,29)/t15-,16-/m1/s1. The van der Waals surface area contributed by atoms with Gasteiger partial charge in [0.05, 0.1) is 44.7 Å². The number of methoxy groups -OCH3 is 3. The quantitative estimate of drug-likeness (QED) is 0.324. The lowest BCUT2D eigenvalue weighted by Crippen LogP contribution is -2.31. The van der Waals surface area contributed by atoms with Gasteiger partial charge in [0.15, 0.2) is 5.76 Å². The molecule has 0 saturated carbocycles. The number of hydrogen-bond acceptors (Lipinski definition) is 10. The Morgan fingerprint density at radius 2 is 1.65 bits per heavy atom. The molecule has 196 valence electrons. The number of ether oxygens (including phenoxy) is 3. The fraction of sp³-hybridized carbons (Fsp3) is 0.333. The van der Waals surface area contributed by atoms with Gasteiger partial charge < -0.3 is 18.6 Å². The van der Waals surface area contributed by atoms with Crippen molar-refractivity contribution in [3.63, 3.8) is 0 Å². The van der Waals surface area contributed by atoms with Crippen LogP contribution in [0, 0.1) is 6.92 Å². The van der Waals surface area contributed by atoms with Gasteiger partial charge >= 0.3 is 0 Å². The van der Waals surface area contributed by atoms with Crippen molar-refractivity contribution >= 4 is 16.0 Å². The van der Waals surface area contributed by atoms with E-state index in [1.807, 2.05) is 0 Å². The molecule has 4 rings (SSSR count). The van der Waals surface area contributed by atoms with Crippen LogP contribution in [-0.2, 0) is 10.0 Å². The number of nitrogens with zero attached hydrogens (tertiary/aromatic N) is 5. The van der Waals surface area contributed by atoms with Crippen LogP contribution in [0.1, 0.15) is 31.2 Å². The Morgan fingerprint density at radius 1 is 0.946 bits per heavy atom. The molecule has 1 aromatic carbocycles. The van der Waals surface area contributed by atoms with Gasteiger partial charge in [-0.3, -0.25) is 14.3 Å². The molecular formula is C24H28N6O6S. The van der Waals surface area contributed by atoms with Gasteiger partial charge in [0.1, 0.15) is 22.9 Å². The Balaban J connectivity index is 1.79. The molecule has 4 aromatic rings. The number of hydrogen-bond donors (Lipinski definition) is 1. The second-order valence-corrected chi connectivity index (χ2v) is 10.3. The lowest BCUT2D eigenvalue weighted by atomic mass is 10.1. The number of para-hydroxylation sites is 1. The SMILES string of the molecule is COc1cnc([C@H](C)[C@@H](C)S(=O)(=O)Nc2nnc(-c3ccc(C)o3)n2-c2c(OC)cccc2OC)cn1. The van der Waals surface area contributed by atoms with E-state index in [9.17, 15) is 8.42 Å². The molecule has 0 aliphatic carbocycles. The minimum Gasteiger partial charge on any atom is -0.494 e. The van der Waals surface area contributed by atoms with Crippen molar-refractivity contribution in [3.05, 3.63) is 54.2 Å². The van der Waals surface area contributed by atoms with Crippen molar-refractivity contribution < 1.29 is 27.0 Å². The van der Waals surface area contributed by atoms with Gasteiger partial charge in [-0.15, -0.1) is 10.2 Å². The first-order valence-corrected chi connectivity index (χ1v) is 12.9. The molecule has 0 radical (unpaired) electrons. The summed E-state index contributed by atoms with van der Waals surface area (Å²) in [6, 6.07) is 8.70. The Morgan fingerprint density at radius 3 is 2.19 bits per heavy atom. The Hall–Kier alpha value is -4.13. The highest BCUT2D eigenvalue weighted by Crippen LogP contribution is 2.38. The van der Waals surface area contributed by atoms with E-state index in [0.29, 0.717) is 40.3 Å². The number of benzene rings is 1. The Kier molecular flexibility index (Phi) is 7.34. The molecule has 0 aliphatic rings. The van der Waals surface area contributed by atoms with Gasteiger partial charge in [-0.05, 0) is 38.1 Å². The molecular weight excluding hydrogens is 500 g/mol. The third kappa shape index (κ3) is 5.07. The molecule has 0 amide bonds.